The smallest absolute Gasteiger partial charge is 0.244 e. The van der Waals surface area contributed by atoms with Gasteiger partial charge in [0.25, 0.3) is 0 Å². The molecule has 0 aromatic heterocycles. The minimum Gasteiger partial charge on any atom is -0.496 e. The van der Waals surface area contributed by atoms with E-state index in [1.54, 1.807) is 25.3 Å². The Morgan fingerprint density at radius 3 is 2.67 bits per heavy atom. The molecule has 2 aromatic rings. The Bertz CT molecular complexity index is 1110. The van der Waals surface area contributed by atoms with Crippen LogP contribution in [0.5, 0.6) is 5.75 Å². The Hall–Kier alpha value is -2.38. The zero-order valence-corrected chi connectivity index (χ0v) is 18.1. The standard InChI is InChI=1S/C23H26N2O4S/c1-15-6-3-7-16(14-15)30(27,28)25-19-9-5-10-20(25)23(26)24-13-12-17-18(22(19)24)8-4-11-21(17)29-2/h3-4,6-8,11,14,19-20,22H,5,9-10,12-13H2,1-2H3. The minimum atomic E-state index is -3.79. The maximum atomic E-state index is 13.7. The predicted molar refractivity (Wildman–Crippen MR) is 113 cm³/mol. The highest BCUT2D eigenvalue weighted by Gasteiger charge is 2.55. The summed E-state index contributed by atoms with van der Waals surface area (Å²) in [5, 5.41) is 0. The molecule has 6 nitrogen and oxygen atoms in total. The Kier molecular flexibility index (Phi) is 4.63. The lowest BCUT2D eigenvalue weighted by atomic mass is 9.80. The van der Waals surface area contributed by atoms with Gasteiger partial charge in [0.15, 0.2) is 0 Å². The molecule has 0 spiro atoms. The first-order chi connectivity index (χ1) is 14.4. The van der Waals surface area contributed by atoms with E-state index < -0.39 is 16.1 Å². The van der Waals surface area contributed by atoms with Gasteiger partial charge in [0.2, 0.25) is 15.9 Å². The Labute approximate surface area is 177 Å². The van der Waals surface area contributed by atoms with Crippen LogP contribution in [-0.2, 0) is 21.2 Å². The molecule has 158 valence electrons. The molecule has 0 aliphatic carbocycles. The number of sulfonamides is 1. The highest BCUT2D eigenvalue weighted by Crippen LogP contribution is 2.47. The molecule has 3 atom stereocenters. The van der Waals surface area contributed by atoms with Crippen LogP contribution in [0.2, 0.25) is 0 Å². The fraction of sp³-hybridized carbons (Fsp3) is 0.435. The summed E-state index contributed by atoms with van der Waals surface area (Å²) in [7, 11) is -2.14. The van der Waals surface area contributed by atoms with E-state index in [1.807, 2.05) is 36.1 Å². The summed E-state index contributed by atoms with van der Waals surface area (Å²) in [5.41, 5.74) is 2.99. The molecule has 2 fully saturated rings. The number of hydrogen-bond donors (Lipinski definition) is 0. The van der Waals surface area contributed by atoms with Crippen molar-refractivity contribution in [2.24, 2.45) is 0 Å². The number of ether oxygens (including phenoxy) is 1. The van der Waals surface area contributed by atoms with Gasteiger partial charge in [-0.1, -0.05) is 24.3 Å². The first kappa shape index (κ1) is 19.6. The van der Waals surface area contributed by atoms with Crippen molar-refractivity contribution in [3.8, 4) is 5.75 Å². The zero-order chi connectivity index (χ0) is 21.0. The number of benzene rings is 2. The third-order valence-corrected chi connectivity index (χ3v) is 8.69. The molecule has 3 heterocycles. The lowest BCUT2D eigenvalue weighted by Crippen LogP contribution is -2.67. The maximum Gasteiger partial charge on any atom is 0.244 e. The summed E-state index contributed by atoms with van der Waals surface area (Å²) in [4.78, 5) is 15.7. The molecule has 0 N–H and O–H groups in total. The zero-order valence-electron chi connectivity index (χ0n) is 17.2. The lowest BCUT2D eigenvalue weighted by Gasteiger charge is -2.54. The monoisotopic (exact) mass is 426 g/mol. The molecule has 30 heavy (non-hydrogen) atoms. The van der Waals surface area contributed by atoms with Crippen molar-refractivity contribution in [1.29, 1.82) is 0 Å². The number of fused-ring (bicyclic) bond motifs is 6. The van der Waals surface area contributed by atoms with Crippen LogP contribution in [-0.4, -0.2) is 49.3 Å². The number of piperazine rings is 1. The number of hydrogen-bond acceptors (Lipinski definition) is 4. The van der Waals surface area contributed by atoms with Gasteiger partial charge in [-0.05, 0) is 61.9 Å². The molecular formula is C23H26N2O4S. The van der Waals surface area contributed by atoms with Crippen LogP contribution in [0, 0.1) is 6.92 Å². The van der Waals surface area contributed by atoms with E-state index in [2.05, 4.69) is 0 Å². The fourth-order valence-electron chi connectivity index (χ4n) is 5.49. The van der Waals surface area contributed by atoms with Crippen LogP contribution in [0.3, 0.4) is 0 Å². The van der Waals surface area contributed by atoms with E-state index >= 15 is 0 Å². The first-order valence-electron chi connectivity index (χ1n) is 10.5. The average molecular weight is 427 g/mol. The average Bonchev–Trinajstić information content (AvgIpc) is 2.76. The summed E-state index contributed by atoms with van der Waals surface area (Å²) >= 11 is 0. The van der Waals surface area contributed by atoms with Crippen LogP contribution in [0.1, 0.15) is 42.0 Å². The number of piperidine rings is 1. The largest absolute Gasteiger partial charge is 0.496 e. The maximum absolute atomic E-state index is 13.7. The molecule has 2 saturated heterocycles. The number of nitrogens with zero attached hydrogens (tertiary/aromatic N) is 2. The number of rotatable bonds is 3. The number of carbonyl (C=O) groups excluding carboxylic acids is 1. The lowest BCUT2D eigenvalue weighted by molar-refractivity contribution is -0.150. The van der Waals surface area contributed by atoms with Crippen LogP contribution < -0.4 is 4.74 Å². The predicted octanol–water partition coefficient (Wildman–Crippen LogP) is 3.06. The van der Waals surface area contributed by atoms with Crippen molar-refractivity contribution >= 4 is 15.9 Å². The van der Waals surface area contributed by atoms with Gasteiger partial charge in [0.1, 0.15) is 11.8 Å². The van der Waals surface area contributed by atoms with E-state index in [0.29, 0.717) is 13.0 Å². The highest BCUT2D eigenvalue weighted by molar-refractivity contribution is 7.89. The number of carbonyl (C=O) groups is 1. The molecule has 2 aromatic carbocycles. The Morgan fingerprint density at radius 1 is 1.10 bits per heavy atom. The van der Waals surface area contributed by atoms with Gasteiger partial charge in [-0.15, -0.1) is 0 Å². The van der Waals surface area contributed by atoms with Crippen LogP contribution in [0.25, 0.3) is 0 Å². The fourth-order valence-corrected chi connectivity index (χ4v) is 7.43. The summed E-state index contributed by atoms with van der Waals surface area (Å²) in [6.07, 6.45) is 2.90. The van der Waals surface area contributed by atoms with Gasteiger partial charge >= 0.3 is 0 Å². The van der Waals surface area contributed by atoms with Crippen molar-refractivity contribution in [2.75, 3.05) is 13.7 Å². The number of methoxy groups -OCH3 is 1. The van der Waals surface area contributed by atoms with E-state index in [4.69, 9.17) is 4.74 Å². The molecule has 0 radical (unpaired) electrons. The van der Waals surface area contributed by atoms with Crippen molar-refractivity contribution in [3.05, 3.63) is 59.2 Å². The molecular weight excluding hydrogens is 400 g/mol. The van der Waals surface area contributed by atoms with Gasteiger partial charge in [0, 0.05) is 12.1 Å². The third kappa shape index (κ3) is 2.79. The van der Waals surface area contributed by atoms with Crippen molar-refractivity contribution in [1.82, 2.24) is 9.21 Å². The van der Waals surface area contributed by atoms with Crippen LogP contribution in [0.15, 0.2) is 47.4 Å². The van der Waals surface area contributed by atoms with E-state index in [1.165, 1.54) is 4.31 Å². The molecule has 3 unspecified atom stereocenters. The van der Waals surface area contributed by atoms with Gasteiger partial charge in [-0.25, -0.2) is 8.42 Å². The Morgan fingerprint density at radius 2 is 1.90 bits per heavy atom. The van der Waals surface area contributed by atoms with Crippen molar-refractivity contribution in [3.63, 3.8) is 0 Å². The van der Waals surface area contributed by atoms with E-state index in [9.17, 15) is 13.2 Å². The van der Waals surface area contributed by atoms with Gasteiger partial charge in [0.05, 0.1) is 24.1 Å². The first-order valence-corrected chi connectivity index (χ1v) is 11.9. The molecule has 2 bridgehead atoms. The normalized spacial score (nSPS) is 26.1. The molecule has 5 rings (SSSR count). The molecule has 1 amide bonds. The van der Waals surface area contributed by atoms with Gasteiger partial charge in [-0.3, -0.25) is 4.79 Å². The summed E-state index contributed by atoms with van der Waals surface area (Å²) in [6, 6.07) is 11.7. The summed E-state index contributed by atoms with van der Waals surface area (Å²) < 4.78 is 34.6. The van der Waals surface area contributed by atoms with Crippen LogP contribution in [0.4, 0.5) is 0 Å². The van der Waals surface area contributed by atoms with E-state index in [-0.39, 0.29) is 22.9 Å². The van der Waals surface area contributed by atoms with Crippen LogP contribution >= 0.6 is 0 Å². The molecule has 7 heteroatoms. The van der Waals surface area contributed by atoms with Crippen molar-refractivity contribution < 1.29 is 17.9 Å². The molecule has 3 aliphatic rings. The number of amides is 1. The minimum absolute atomic E-state index is 0.0688. The SMILES string of the molecule is COc1cccc2c1CCN1C(=O)C3CCCC(C21)N3S(=O)(=O)c1cccc(C)c1. The van der Waals surface area contributed by atoms with Gasteiger partial charge in [-0.2, -0.15) is 4.31 Å². The van der Waals surface area contributed by atoms with Crippen molar-refractivity contribution in [2.45, 2.75) is 55.6 Å². The quantitative estimate of drug-likeness (QED) is 0.757. The Balaban J connectivity index is 1.65. The second-order valence-corrected chi connectivity index (χ2v) is 10.3. The molecule has 3 aliphatic heterocycles. The molecule has 0 saturated carbocycles. The highest BCUT2D eigenvalue weighted by atomic mass is 32.2. The summed E-state index contributed by atoms with van der Waals surface area (Å²) in [6.45, 7) is 2.48. The summed E-state index contributed by atoms with van der Waals surface area (Å²) in [5.74, 6) is 0.742. The topological polar surface area (TPSA) is 66.9 Å². The second kappa shape index (κ2) is 7.10. The third-order valence-electron chi connectivity index (χ3n) is 6.76. The number of aryl methyl sites for hydroxylation is 1. The second-order valence-electron chi connectivity index (χ2n) is 8.42. The van der Waals surface area contributed by atoms with E-state index in [0.717, 1.165) is 41.7 Å². The van der Waals surface area contributed by atoms with Gasteiger partial charge < -0.3 is 9.64 Å².